The Balaban J connectivity index is 1.42. The predicted octanol–water partition coefficient (Wildman–Crippen LogP) is 2.07. The number of nitrogens with two attached hydrogens (primary N) is 1. The molecule has 0 spiro atoms. The molecule has 2 unspecified atom stereocenters. The van der Waals surface area contributed by atoms with Gasteiger partial charge in [-0.15, -0.1) is 0 Å². The van der Waals surface area contributed by atoms with Gasteiger partial charge in [-0.3, -0.25) is 14.8 Å². The van der Waals surface area contributed by atoms with E-state index in [2.05, 4.69) is 9.97 Å². The van der Waals surface area contributed by atoms with Gasteiger partial charge in [0.25, 0.3) is 5.91 Å². The van der Waals surface area contributed by atoms with Gasteiger partial charge in [0, 0.05) is 36.4 Å². The van der Waals surface area contributed by atoms with Crippen molar-refractivity contribution in [1.29, 1.82) is 0 Å². The lowest BCUT2D eigenvalue weighted by atomic mass is 9.91. The Morgan fingerprint density at radius 2 is 1.79 bits per heavy atom. The van der Waals surface area contributed by atoms with Crippen molar-refractivity contribution >= 4 is 11.9 Å². The molecule has 1 fully saturated rings. The van der Waals surface area contributed by atoms with Crippen LogP contribution in [0.25, 0.3) is 11.1 Å². The number of quaternary nitrogens is 1. The summed E-state index contributed by atoms with van der Waals surface area (Å²) in [6.45, 7) is 0.731. The van der Waals surface area contributed by atoms with E-state index < -0.39 is 23.5 Å². The van der Waals surface area contributed by atoms with Crippen LogP contribution in [0.15, 0.2) is 67.1 Å². The molecule has 8 heteroatoms. The van der Waals surface area contributed by atoms with Crippen molar-refractivity contribution in [3.63, 3.8) is 0 Å². The summed E-state index contributed by atoms with van der Waals surface area (Å²) >= 11 is 0. The molecule has 1 saturated heterocycles. The largest absolute Gasteiger partial charge is 0.457 e. The Morgan fingerprint density at radius 1 is 1.15 bits per heavy atom. The van der Waals surface area contributed by atoms with Crippen LogP contribution in [0.3, 0.4) is 0 Å². The fraction of sp³-hybridized carbons (Fsp3) is 0.308. The number of carbonyl (C=O) groups is 2. The Kier molecular flexibility index (Phi) is 5.42. The molecule has 3 N–H and O–H groups in total. The first-order valence-electron chi connectivity index (χ1n) is 11.4. The summed E-state index contributed by atoms with van der Waals surface area (Å²) in [6.07, 6.45) is 6.23. The lowest BCUT2D eigenvalue weighted by molar-refractivity contribution is -0.941. The quantitative estimate of drug-likeness (QED) is 0.431. The van der Waals surface area contributed by atoms with E-state index in [1.54, 1.807) is 36.7 Å². The molecule has 1 aliphatic heterocycles. The van der Waals surface area contributed by atoms with Crippen LogP contribution < -0.4 is 5.73 Å². The molecule has 3 atom stereocenters. The molecule has 3 aromatic rings. The molecule has 174 valence electrons. The molecule has 2 aliphatic rings. The number of carbonyl (C=O) groups excluding carboxylic acids is 2. The highest BCUT2D eigenvalue weighted by Crippen LogP contribution is 2.48. The second-order valence-electron chi connectivity index (χ2n) is 9.20. The first-order valence-corrected chi connectivity index (χ1v) is 11.4. The van der Waals surface area contributed by atoms with Crippen LogP contribution in [0, 0.1) is 0 Å². The van der Waals surface area contributed by atoms with E-state index in [-0.39, 0.29) is 17.1 Å². The summed E-state index contributed by atoms with van der Waals surface area (Å²) in [4.78, 5) is 34.4. The molecule has 1 amide bonds. The van der Waals surface area contributed by atoms with Gasteiger partial charge in [-0.2, -0.15) is 0 Å². The molecule has 2 heterocycles. The van der Waals surface area contributed by atoms with Gasteiger partial charge >= 0.3 is 5.97 Å². The summed E-state index contributed by atoms with van der Waals surface area (Å²) < 4.78 is 6.07. The van der Waals surface area contributed by atoms with Gasteiger partial charge in [0.1, 0.15) is 18.3 Å². The van der Waals surface area contributed by atoms with Crippen molar-refractivity contribution in [1.82, 2.24) is 9.97 Å². The van der Waals surface area contributed by atoms with E-state index in [0.29, 0.717) is 23.4 Å². The number of likely N-dealkylation sites (tertiary alicyclic amines) is 1. The maximum Gasteiger partial charge on any atom is 0.347 e. The maximum atomic E-state index is 13.4. The first kappa shape index (κ1) is 22.2. The van der Waals surface area contributed by atoms with Gasteiger partial charge in [-0.25, -0.2) is 4.79 Å². The Bertz CT molecular complexity index is 1200. The highest BCUT2D eigenvalue weighted by Gasteiger charge is 2.52. The van der Waals surface area contributed by atoms with Gasteiger partial charge in [0.05, 0.1) is 19.8 Å². The molecule has 8 nitrogen and oxygen atoms in total. The zero-order valence-corrected chi connectivity index (χ0v) is 18.9. The van der Waals surface area contributed by atoms with Crippen molar-refractivity contribution in [2.24, 2.45) is 5.73 Å². The average molecular weight is 460 g/mol. The van der Waals surface area contributed by atoms with Crippen LogP contribution in [0.4, 0.5) is 0 Å². The molecule has 0 bridgehead atoms. The Labute approximate surface area is 197 Å². The number of primary amides is 1. The maximum absolute atomic E-state index is 13.4. The van der Waals surface area contributed by atoms with E-state index in [4.69, 9.17) is 10.5 Å². The predicted molar refractivity (Wildman–Crippen MR) is 124 cm³/mol. The third-order valence-corrected chi connectivity index (χ3v) is 7.36. The number of esters is 1. The topological polar surface area (TPSA) is 115 Å². The molecule has 0 radical (unpaired) electrons. The van der Waals surface area contributed by atoms with Gasteiger partial charge in [0.15, 0.2) is 0 Å². The number of amides is 1. The number of aliphatic hydroxyl groups is 1. The molecule has 1 aliphatic carbocycles. The molecular formula is C26H27N4O4+. The Morgan fingerprint density at radius 3 is 2.38 bits per heavy atom. The minimum absolute atomic E-state index is 0.0476. The zero-order valence-electron chi connectivity index (χ0n) is 18.9. The standard InChI is InChI=1S/C26H26N4O4/c1-30(23(24(27)31)22-15-28-12-13-29-22)14-6-7-17(30)16-34-25(32)26(33)20-10-4-2-8-18(20)19-9-3-5-11-21(19)26/h2-5,8-13,15,17,23,33H,6-7,14,16H2,1H3,(H-,27,31)/p+1/t17-,23?,30?/m1/s1. The number of ether oxygens (including phenoxy) is 1. The molecule has 5 rings (SSSR count). The number of aromatic nitrogens is 2. The van der Waals surface area contributed by atoms with Gasteiger partial charge in [-0.1, -0.05) is 48.5 Å². The number of nitrogens with zero attached hydrogens (tertiary/aromatic N) is 3. The summed E-state index contributed by atoms with van der Waals surface area (Å²) in [5.41, 5.74) is 7.07. The van der Waals surface area contributed by atoms with E-state index in [0.717, 1.165) is 24.0 Å². The monoisotopic (exact) mass is 459 g/mol. The molecule has 2 aromatic carbocycles. The minimum atomic E-state index is -1.89. The summed E-state index contributed by atoms with van der Waals surface area (Å²) in [5.74, 6) is -1.23. The number of fused-ring (bicyclic) bond motifs is 3. The Hall–Kier alpha value is -3.62. The number of benzene rings is 2. The number of hydrogen-bond donors (Lipinski definition) is 2. The van der Waals surface area contributed by atoms with Crippen molar-refractivity contribution in [3.05, 3.63) is 83.9 Å². The zero-order chi connectivity index (χ0) is 23.9. The minimum Gasteiger partial charge on any atom is -0.457 e. The van der Waals surface area contributed by atoms with Crippen LogP contribution in [-0.2, 0) is 19.9 Å². The van der Waals surface area contributed by atoms with Crippen LogP contribution in [-0.4, -0.2) is 57.7 Å². The lowest BCUT2D eigenvalue weighted by Crippen LogP contribution is -2.56. The van der Waals surface area contributed by atoms with E-state index in [1.165, 1.54) is 6.20 Å². The SMILES string of the molecule is C[N+]1(C(C(N)=O)c2cnccn2)CCC[C@@H]1COC(=O)C1(O)c2ccccc2-c2ccccc21. The molecular weight excluding hydrogens is 432 g/mol. The van der Waals surface area contributed by atoms with Gasteiger partial charge < -0.3 is 20.1 Å². The average Bonchev–Trinajstić information content (AvgIpc) is 3.34. The number of likely N-dealkylation sites (N-methyl/N-ethyl adjacent to an activating group) is 1. The summed E-state index contributed by atoms with van der Waals surface area (Å²) in [5, 5.41) is 11.7. The van der Waals surface area contributed by atoms with Crippen molar-refractivity contribution in [2.45, 2.75) is 30.5 Å². The van der Waals surface area contributed by atoms with Crippen LogP contribution in [0.2, 0.25) is 0 Å². The third-order valence-electron chi connectivity index (χ3n) is 7.36. The van der Waals surface area contributed by atoms with Crippen molar-refractivity contribution in [3.8, 4) is 11.1 Å². The van der Waals surface area contributed by atoms with Gasteiger partial charge in [-0.05, 0) is 11.1 Å². The number of hydrogen-bond acceptors (Lipinski definition) is 6. The summed E-state index contributed by atoms with van der Waals surface area (Å²) in [6, 6.07) is 13.8. The van der Waals surface area contributed by atoms with Crippen LogP contribution in [0.1, 0.15) is 35.7 Å². The van der Waals surface area contributed by atoms with E-state index in [9.17, 15) is 14.7 Å². The second-order valence-corrected chi connectivity index (χ2v) is 9.20. The second kappa shape index (κ2) is 8.30. The smallest absolute Gasteiger partial charge is 0.347 e. The lowest BCUT2D eigenvalue weighted by Gasteiger charge is -2.40. The van der Waals surface area contributed by atoms with Gasteiger partial charge in [0.2, 0.25) is 11.6 Å². The van der Waals surface area contributed by atoms with Crippen LogP contribution in [0.5, 0.6) is 0 Å². The fourth-order valence-corrected chi connectivity index (χ4v) is 5.64. The van der Waals surface area contributed by atoms with E-state index >= 15 is 0 Å². The fourth-order valence-electron chi connectivity index (χ4n) is 5.64. The van der Waals surface area contributed by atoms with Crippen LogP contribution >= 0.6 is 0 Å². The molecule has 1 aromatic heterocycles. The highest BCUT2D eigenvalue weighted by molar-refractivity contribution is 5.96. The first-order chi connectivity index (χ1) is 16.4. The highest BCUT2D eigenvalue weighted by atomic mass is 16.6. The molecule has 0 saturated carbocycles. The third kappa shape index (κ3) is 3.29. The number of rotatable bonds is 6. The van der Waals surface area contributed by atoms with E-state index in [1.807, 2.05) is 31.3 Å². The van der Waals surface area contributed by atoms with Crippen molar-refractivity contribution in [2.75, 3.05) is 20.2 Å². The molecule has 34 heavy (non-hydrogen) atoms. The normalized spacial score (nSPS) is 23.1. The van der Waals surface area contributed by atoms with Crippen molar-refractivity contribution < 1.29 is 23.9 Å². The summed E-state index contributed by atoms with van der Waals surface area (Å²) in [7, 11) is 1.94.